The molecule has 2 aromatic carbocycles. The van der Waals surface area contributed by atoms with Gasteiger partial charge in [-0.05, 0) is 79.3 Å². The second-order valence-electron chi connectivity index (χ2n) is 7.36. The number of rotatable bonds is 6. The van der Waals surface area contributed by atoms with Gasteiger partial charge in [0.05, 0.1) is 5.56 Å². The lowest BCUT2D eigenvalue weighted by molar-refractivity contribution is 0.0695. The number of carbonyl (C=O) groups is 1. The zero-order valence-corrected chi connectivity index (χ0v) is 17.2. The van der Waals surface area contributed by atoms with Crippen LogP contribution in [0.4, 0.5) is 0 Å². The molecule has 0 amide bonds. The van der Waals surface area contributed by atoms with Gasteiger partial charge in [-0.25, -0.2) is 4.79 Å². The highest BCUT2D eigenvalue weighted by Gasteiger charge is 2.21. The van der Waals surface area contributed by atoms with Gasteiger partial charge in [-0.2, -0.15) is 0 Å². The molecule has 2 N–H and O–H groups in total. The van der Waals surface area contributed by atoms with E-state index in [1.54, 1.807) is 12.3 Å². The van der Waals surface area contributed by atoms with Crippen LogP contribution in [0.1, 0.15) is 45.1 Å². The summed E-state index contributed by atoms with van der Waals surface area (Å²) in [5.41, 5.74) is 5.14. The predicted molar refractivity (Wildman–Crippen MR) is 116 cm³/mol. The first-order valence-electron chi connectivity index (χ1n) is 9.87. The van der Waals surface area contributed by atoms with Crippen LogP contribution in [0.25, 0.3) is 0 Å². The van der Waals surface area contributed by atoms with Gasteiger partial charge in [0, 0.05) is 28.2 Å². The van der Waals surface area contributed by atoms with Crippen LogP contribution in [0.15, 0.2) is 70.7 Å². The molecule has 1 atom stereocenters. The van der Waals surface area contributed by atoms with Crippen LogP contribution < -0.4 is 5.32 Å². The standard InChI is InChI=1S/C24H24N2O2S/c1-16-4-2-3-5-23(16)29-19-7-8-20-17(14-19)10-13-26-22(20)9-6-18-15-25-12-11-21(18)24(27)28/h2-5,7-8,11-12,14-15,22,26H,6,9-10,13H2,1H3,(H,27,28)/t22-/m1/s1. The molecular weight excluding hydrogens is 380 g/mol. The fourth-order valence-corrected chi connectivity index (χ4v) is 4.85. The van der Waals surface area contributed by atoms with Crippen molar-refractivity contribution in [2.45, 2.75) is 42.0 Å². The number of hydrogen-bond donors (Lipinski definition) is 2. The van der Waals surface area contributed by atoms with Gasteiger partial charge in [0.1, 0.15) is 0 Å². The highest BCUT2D eigenvalue weighted by molar-refractivity contribution is 7.99. The molecule has 0 saturated carbocycles. The fourth-order valence-electron chi connectivity index (χ4n) is 3.88. The Hall–Kier alpha value is -2.63. The van der Waals surface area contributed by atoms with Gasteiger partial charge >= 0.3 is 5.97 Å². The number of aromatic nitrogens is 1. The van der Waals surface area contributed by atoms with Gasteiger partial charge in [-0.15, -0.1) is 0 Å². The summed E-state index contributed by atoms with van der Waals surface area (Å²) >= 11 is 1.81. The third kappa shape index (κ3) is 4.52. The van der Waals surface area contributed by atoms with Gasteiger partial charge in [0.15, 0.2) is 0 Å². The monoisotopic (exact) mass is 404 g/mol. The maximum absolute atomic E-state index is 11.4. The number of benzene rings is 2. The van der Waals surface area contributed by atoms with Crippen LogP contribution in [0.2, 0.25) is 0 Å². The molecule has 0 unspecified atom stereocenters. The van der Waals surface area contributed by atoms with E-state index >= 15 is 0 Å². The Morgan fingerprint density at radius 1 is 1.24 bits per heavy atom. The summed E-state index contributed by atoms with van der Waals surface area (Å²) in [6.07, 6.45) is 5.76. The summed E-state index contributed by atoms with van der Waals surface area (Å²) < 4.78 is 0. The zero-order valence-electron chi connectivity index (χ0n) is 16.4. The smallest absolute Gasteiger partial charge is 0.336 e. The maximum Gasteiger partial charge on any atom is 0.336 e. The summed E-state index contributed by atoms with van der Waals surface area (Å²) in [5.74, 6) is -0.891. The SMILES string of the molecule is Cc1ccccc1Sc1ccc2c(c1)CCN[C@@H]2CCc1cnccc1C(=O)O. The summed E-state index contributed by atoms with van der Waals surface area (Å²) in [5, 5.41) is 13.0. The molecule has 0 radical (unpaired) electrons. The van der Waals surface area contributed by atoms with E-state index < -0.39 is 5.97 Å². The van der Waals surface area contributed by atoms with E-state index in [1.165, 1.54) is 32.7 Å². The van der Waals surface area contributed by atoms with E-state index in [0.29, 0.717) is 12.0 Å². The molecule has 2 heterocycles. The molecule has 0 aliphatic carbocycles. The van der Waals surface area contributed by atoms with Crippen molar-refractivity contribution < 1.29 is 9.90 Å². The molecule has 3 aromatic rings. The molecule has 0 spiro atoms. The van der Waals surface area contributed by atoms with Crippen molar-refractivity contribution in [1.82, 2.24) is 10.3 Å². The van der Waals surface area contributed by atoms with Gasteiger partial charge in [-0.3, -0.25) is 4.98 Å². The number of pyridine rings is 1. The molecule has 29 heavy (non-hydrogen) atoms. The Kier molecular flexibility index (Phi) is 5.97. The van der Waals surface area contributed by atoms with Crippen LogP contribution in [0, 0.1) is 6.92 Å². The number of aromatic carboxylic acids is 1. The molecule has 1 aliphatic heterocycles. The van der Waals surface area contributed by atoms with E-state index in [2.05, 4.69) is 59.7 Å². The topological polar surface area (TPSA) is 62.2 Å². The first-order valence-corrected chi connectivity index (χ1v) is 10.7. The number of nitrogens with one attached hydrogen (secondary N) is 1. The molecule has 1 aromatic heterocycles. The minimum Gasteiger partial charge on any atom is -0.478 e. The zero-order chi connectivity index (χ0) is 20.2. The number of hydrogen-bond acceptors (Lipinski definition) is 4. The molecular formula is C24H24N2O2S. The minimum absolute atomic E-state index is 0.234. The van der Waals surface area contributed by atoms with Gasteiger partial charge in [-0.1, -0.05) is 36.0 Å². The third-order valence-corrected chi connectivity index (χ3v) is 6.60. The third-order valence-electron chi connectivity index (χ3n) is 5.43. The van der Waals surface area contributed by atoms with Crippen molar-refractivity contribution in [2.24, 2.45) is 0 Å². The van der Waals surface area contributed by atoms with Crippen molar-refractivity contribution in [3.63, 3.8) is 0 Å². The van der Waals surface area contributed by atoms with Crippen molar-refractivity contribution in [3.05, 3.63) is 88.7 Å². The molecule has 1 aliphatic rings. The molecule has 4 rings (SSSR count). The lowest BCUT2D eigenvalue weighted by Gasteiger charge is -2.27. The lowest BCUT2D eigenvalue weighted by atomic mass is 9.90. The van der Waals surface area contributed by atoms with E-state index in [0.717, 1.165) is 24.9 Å². The van der Waals surface area contributed by atoms with Crippen molar-refractivity contribution in [3.8, 4) is 0 Å². The average Bonchev–Trinajstić information content (AvgIpc) is 2.74. The summed E-state index contributed by atoms with van der Waals surface area (Å²) in [6.45, 7) is 3.08. The molecule has 0 saturated heterocycles. The highest BCUT2D eigenvalue weighted by Crippen LogP contribution is 2.34. The molecule has 148 valence electrons. The Morgan fingerprint density at radius 3 is 2.93 bits per heavy atom. The first-order chi connectivity index (χ1) is 14.1. The van der Waals surface area contributed by atoms with E-state index in [4.69, 9.17) is 0 Å². The van der Waals surface area contributed by atoms with E-state index in [-0.39, 0.29) is 6.04 Å². The lowest BCUT2D eigenvalue weighted by Crippen LogP contribution is -2.30. The van der Waals surface area contributed by atoms with Crippen LogP contribution in [0.3, 0.4) is 0 Å². The van der Waals surface area contributed by atoms with Crippen LogP contribution in [-0.2, 0) is 12.8 Å². The molecule has 0 bridgehead atoms. The van der Waals surface area contributed by atoms with Gasteiger partial charge < -0.3 is 10.4 Å². The Labute approximate surface area is 175 Å². The second-order valence-corrected chi connectivity index (χ2v) is 8.48. The highest BCUT2D eigenvalue weighted by atomic mass is 32.2. The normalized spacial score (nSPS) is 15.7. The molecule has 0 fully saturated rings. The Morgan fingerprint density at radius 2 is 2.10 bits per heavy atom. The maximum atomic E-state index is 11.4. The average molecular weight is 405 g/mol. The van der Waals surface area contributed by atoms with Crippen molar-refractivity contribution in [1.29, 1.82) is 0 Å². The van der Waals surface area contributed by atoms with E-state index in [9.17, 15) is 9.90 Å². The van der Waals surface area contributed by atoms with Crippen LogP contribution in [-0.4, -0.2) is 22.6 Å². The molecule has 5 heteroatoms. The van der Waals surface area contributed by atoms with E-state index in [1.807, 2.05) is 11.8 Å². The number of aryl methyl sites for hydroxylation is 2. The summed E-state index contributed by atoms with van der Waals surface area (Å²) in [4.78, 5) is 18.1. The largest absolute Gasteiger partial charge is 0.478 e. The van der Waals surface area contributed by atoms with Crippen molar-refractivity contribution >= 4 is 17.7 Å². The van der Waals surface area contributed by atoms with Gasteiger partial charge in [0.25, 0.3) is 0 Å². The predicted octanol–water partition coefficient (Wildman–Crippen LogP) is 5.06. The van der Waals surface area contributed by atoms with Crippen molar-refractivity contribution in [2.75, 3.05) is 6.54 Å². The molecule has 4 nitrogen and oxygen atoms in total. The number of fused-ring (bicyclic) bond motifs is 1. The van der Waals surface area contributed by atoms with Gasteiger partial charge in [0.2, 0.25) is 0 Å². The summed E-state index contributed by atoms with van der Waals surface area (Å²) in [7, 11) is 0. The first kappa shape index (κ1) is 19.7. The van der Waals surface area contributed by atoms with Crippen LogP contribution >= 0.6 is 11.8 Å². The Balaban J connectivity index is 1.50. The minimum atomic E-state index is -0.891. The number of nitrogens with zero attached hydrogens (tertiary/aromatic N) is 1. The quantitative estimate of drug-likeness (QED) is 0.601. The number of carboxylic acid groups (broad SMARTS) is 1. The second kappa shape index (κ2) is 8.80. The number of carboxylic acids is 1. The fraction of sp³-hybridized carbons (Fsp3) is 0.250. The summed E-state index contributed by atoms with van der Waals surface area (Å²) in [6, 6.07) is 17.0. The Bertz CT molecular complexity index is 1030. The van der Waals surface area contributed by atoms with Crippen LogP contribution in [0.5, 0.6) is 0 Å².